The lowest BCUT2D eigenvalue weighted by atomic mass is 10.1. The average Bonchev–Trinajstić information content (AvgIpc) is 2.90. The Morgan fingerprint density at radius 1 is 1.25 bits per heavy atom. The predicted molar refractivity (Wildman–Crippen MR) is 111 cm³/mol. The monoisotopic (exact) mass is 371 g/mol. The Labute approximate surface area is 163 Å². The summed E-state index contributed by atoms with van der Waals surface area (Å²) in [4.78, 5) is 13.8. The minimum absolute atomic E-state index is 0.0271. The SMILES string of the molecule is C=C(C)c1nc2cc(CO)ccn2c1-c1ccnc(NC2=CC=CC=CC2)n1. The van der Waals surface area contributed by atoms with Crippen molar-refractivity contribution < 1.29 is 5.11 Å². The van der Waals surface area contributed by atoms with Gasteiger partial charge in [-0.1, -0.05) is 30.9 Å². The van der Waals surface area contributed by atoms with Crippen molar-refractivity contribution in [2.24, 2.45) is 0 Å². The van der Waals surface area contributed by atoms with Crippen molar-refractivity contribution in [1.82, 2.24) is 19.4 Å². The number of pyridine rings is 1. The number of hydrogen-bond donors (Lipinski definition) is 2. The summed E-state index contributed by atoms with van der Waals surface area (Å²) in [5.74, 6) is 0.530. The van der Waals surface area contributed by atoms with E-state index >= 15 is 0 Å². The first-order chi connectivity index (χ1) is 13.7. The third-order valence-electron chi connectivity index (χ3n) is 4.44. The summed E-state index contributed by atoms with van der Waals surface area (Å²) in [6, 6.07) is 5.60. The number of aromatic nitrogens is 4. The molecule has 1 aliphatic rings. The molecule has 0 radical (unpaired) electrons. The van der Waals surface area contributed by atoms with Crippen LogP contribution in [0.5, 0.6) is 0 Å². The van der Waals surface area contributed by atoms with Crippen LogP contribution in [0.3, 0.4) is 0 Å². The number of nitrogens with one attached hydrogen (secondary N) is 1. The van der Waals surface area contributed by atoms with E-state index in [2.05, 4.69) is 23.0 Å². The van der Waals surface area contributed by atoms with E-state index in [0.29, 0.717) is 5.95 Å². The summed E-state index contributed by atoms with van der Waals surface area (Å²) in [6.07, 6.45) is 14.5. The zero-order chi connectivity index (χ0) is 19.5. The van der Waals surface area contributed by atoms with Crippen LogP contribution in [-0.2, 0) is 6.61 Å². The van der Waals surface area contributed by atoms with Crippen molar-refractivity contribution in [3.05, 3.63) is 84.5 Å². The van der Waals surface area contributed by atoms with Crippen LogP contribution >= 0.6 is 0 Å². The van der Waals surface area contributed by atoms with Crippen molar-refractivity contribution in [2.45, 2.75) is 20.0 Å². The molecule has 6 nitrogen and oxygen atoms in total. The van der Waals surface area contributed by atoms with Crippen molar-refractivity contribution >= 4 is 17.2 Å². The molecule has 3 heterocycles. The molecular formula is C22H21N5O. The topological polar surface area (TPSA) is 75.3 Å². The third-order valence-corrected chi connectivity index (χ3v) is 4.44. The number of nitrogens with zero attached hydrogens (tertiary/aromatic N) is 4. The smallest absolute Gasteiger partial charge is 0.227 e. The molecular weight excluding hydrogens is 350 g/mol. The van der Waals surface area contributed by atoms with Crippen molar-refractivity contribution in [2.75, 3.05) is 5.32 Å². The van der Waals surface area contributed by atoms with E-state index in [1.54, 1.807) is 6.20 Å². The molecule has 0 unspecified atom stereocenters. The van der Waals surface area contributed by atoms with Gasteiger partial charge >= 0.3 is 0 Å². The summed E-state index contributed by atoms with van der Waals surface area (Å²) in [5, 5.41) is 12.7. The average molecular weight is 371 g/mol. The van der Waals surface area contributed by atoms with Crippen molar-refractivity contribution in [3.8, 4) is 11.4 Å². The number of rotatable bonds is 5. The third kappa shape index (κ3) is 3.50. The van der Waals surface area contributed by atoms with E-state index in [-0.39, 0.29) is 6.61 Å². The van der Waals surface area contributed by atoms with Crippen LogP contribution in [0.2, 0.25) is 0 Å². The first-order valence-corrected chi connectivity index (χ1v) is 9.06. The lowest BCUT2D eigenvalue weighted by molar-refractivity contribution is 0.282. The standard InChI is InChI=1S/C22H21N5O/c1-15(2)20-21(27-12-10-16(14-28)13-19(27)26-20)18-9-11-23-22(25-18)24-17-7-5-3-4-6-8-17/h3-7,9-13,28H,1,8,14H2,2H3,(H,23,24,25). The molecule has 0 aromatic carbocycles. The van der Waals surface area contributed by atoms with Crippen LogP contribution in [0.15, 0.2) is 73.2 Å². The highest BCUT2D eigenvalue weighted by Gasteiger charge is 2.17. The van der Waals surface area contributed by atoms with Gasteiger partial charge in [-0.3, -0.25) is 4.40 Å². The second-order valence-corrected chi connectivity index (χ2v) is 6.61. The van der Waals surface area contributed by atoms with Crippen molar-refractivity contribution in [1.29, 1.82) is 0 Å². The molecule has 0 amide bonds. The largest absolute Gasteiger partial charge is 0.392 e. The van der Waals surface area contributed by atoms with Crippen molar-refractivity contribution in [3.63, 3.8) is 0 Å². The normalized spacial score (nSPS) is 13.4. The van der Waals surface area contributed by atoms with Gasteiger partial charge in [0, 0.05) is 24.5 Å². The highest BCUT2D eigenvalue weighted by molar-refractivity contribution is 5.77. The lowest BCUT2D eigenvalue weighted by Crippen LogP contribution is -2.04. The van der Waals surface area contributed by atoms with E-state index < -0.39 is 0 Å². The maximum Gasteiger partial charge on any atom is 0.227 e. The zero-order valence-corrected chi connectivity index (χ0v) is 15.6. The Morgan fingerprint density at radius 3 is 2.96 bits per heavy atom. The fraction of sp³-hybridized carbons (Fsp3) is 0.136. The molecule has 28 heavy (non-hydrogen) atoms. The molecule has 0 bridgehead atoms. The van der Waals surface area contributed by atoms with Gasteiger partial charge in [-0.2, -0.15) is 0 Å². The summed E-state index contributed by atoms with van der Waals surface area (Å²) in [5.41, 5.74) is 5.80. The number of aliphatic hydroxyl groups excluding tert-OH is 1. The number of imidazole rings is 1. The maximum atomic E-state index is 9.41. The molecule has 4 rings (SSSR count). The Balaban J connectivity index is 1.78. The summed E-state index contributed by atoms with van der Waals surface area (Å²) >= 11 is 0. The Hall–Kier alpha value is -3.51. The highest BCUT2D eigenvalue weighted by Crippen LogP contribution is 2.29. The van der Waals surface area contributed by atoms with Gasteiger partial charge < -0.3 is 10.4 Å². The second-order valence-electron chi connectivity index (χ2n) is 6.61. The van der Waals surface area contributed by atoms with Crippen LogP contribution in [0, 0.1) is 0 Å². The van der Waals surface area contributed by atoms with Gasteiger partial charge in [-0.15, -0.1) is 0 Å². The van der Waals surface area contributed by atoms with Gasteiger partial charge in [-0.25, -0.2) is 15.0 Å². The molecule has 0 saturated carbocycles. The minimum atomic E-state index is -0.0271. The summed E-state index contributed by atoms with van der Waals surface area (Å²) < 4.78 is 1.96. The fourth-order valence-electron chi connectivity index (χ4n) is 3.09. The first-order valence-electron chi connectivity index (χ1n) is 9.06. The maximum absolute atomic E-state index is 9.41. The van der Waals surface area contributed by atoms with Crippen LogP contribution in [0.4, 0.5) is 5.95 Å². The number of allylic oxidation sites excluding steroid dienone is 6. The number of fused-ring (bicyclic) bond motifs is 1. The van der Waals surface area contributed by atoms with E-state index in [0.717, 1.165) is 46.0 Å². The Kier molecular flexibility index (Phi) is 4.87. The van der Waals surface area contributed by atoms with Crippen LogP contribution in [0.25, 0.3) is 22.6 Å². The molecule has 1 aliphatic carbocycles. The molecule has 2 N–H and O–H groups in total. The molecule has 140 valence electrons. The quantitative estimate of drug-likeness (QED) is 0.705. The summed E-state index contributed by atoms with van der Waals surface area (Å²) in [6.45, 7) is 5.96. The van der Waals surface area contributed by atoms with E-state index in [9.17, 15) is 5.11 Å². The fourth-order valence-corrected chi connectivity index (χ4v) is 3.09. The first kappa shape index (κ1) is 17.9. The number of anilines is 1. The van der Waals surface area contributed by atoms with Gasteiger partial charge in [-0.05, 0) is 42.3 Å². The van der Waals surface area contributed by atoms with Crippen LogP contribution < -0.4 is 5.32 Å². The van der Waals surface area contributed by atoms with E-state index in [4.69, 9.17) is 9.97 Å². The predicted octanol–water partition coefficient (Wildman–Crippen LogP) is 4.13. The molecule has 0 aliphatic heterocycles. The lowest BCUT2D eigenvalue weighted by Gasteiger charge is -2.09. The molecule has 3 aromatic rings. The highest BCUT2D eigenvalue weighted by atomic mass is 16.3. The van der Waals surface area contributed by atoms with E-state index in [1.807, 2.05) is 60.0 Å². The number of hydrogen-bond acceptors (Lipinski definition) is 5. The Morgan fingerprint density at radius 2 is 2.14 bits per heavy atom. The van der Waals surface area contributed by atoms with Gasteiger partial charge in [0.25, 0.3) is 0 Å². The van der Waals surface area contributed by atoms with Crippen LogP contribution in [-0.4, -0.2) is 24.5 Å². The molecule has 0 fully saturated rings. The number of aliphatic hydroxyl groups is 1. The molecule has 6 heteroatoms. The molecule has 3 aromatic heterocycles. The second kappa shape index (κ2) is 7.62. The zero-order valence-electron chi connectivity index (χ0n) is 15.6. The van der Waals surface area contributed by atoms with Crippen LogP contribution in [0.1, 0.15) is 24.6 Å². The van der Waals surface area contributed by atoms with Gasteiger partial charge in [0.2, 0.25) is 5.95 Å². The molecule has 0 atom stereocenters. The van der Waals surface area contributed by atoms with Gasteiger partial charge in [0.15, 0.2) is 0 Å². The molecule has 0 saturated heterocycles. The molecule has 0 spiro atoms. The Bertz CT molecular complexity index is 1140. The van der Waals surface area contributed by atoms with Gasteiger partial charge in [0.05, 0.1) is 23.7 Å². The minimum Gasteiger partial charge on any atom is -0.392 e. The van der Waals surface area contributed by atoms with E-state index in [1.165, 1.54) is 0 Å². The van der Waals surface area contributed by atoms with Gasteiger partial charge in [0.1, 0.15) is 5.65 Å². The summed E-state index contributed by atoms with van der Waals surface area (Å²) in [7, 11) is 0.